The van der Waals surface area contributed by atoms with Gasteiger partial charge in [0.25, 0.3) is 0 Å². The number of methoxy groups -OCH3 is 1. The highest BCUT2D eigenvalue weighted by Crippen LogP contribution is 2.44. The molecule has 2 aliphatic heterocycles. The maximum Gasteiger partial charge on any atom is 0.360 e. The van der Waals surface area contributed by atoms with E-state index in [1.54, 1.807) is 14.0 Å². The van der Waals surface area contributed by atoms with Crippen molar-refractivity contribution < 1.29 is 14.3 Å². The van der Waals surface area contributed by atoms with Gasteiger partial charge in [-0.05, 0) is 56.4 Å². The van der Waals surface area contributed by atoms with Gasteiger partial charge >= 0.3 is 5.97 Å². The lowest BCUT2D eigenvalue weighted by atomic mass is 9.90. The number of benzene rings is 2. The summed E-state index contributed by atoms with van der Waals surface area (Å²) in [5, 5.41) is 7.69. The zero-order valence-corrected chi connectivity index (χ0v) is 21.1. The Bertz CT molecular complexity index is 1140. The van der Waals surface area contributed by atoms with Crippen molar-refractivity contribution in [2.75, 3.05) is 61.4 Å². The van der Waals surface area contributed by atoms with Gasteiger partial charge in [-0.15, -0.1) is 0 Å². The number of nitrogens with one attached hydrogen (secondary N) is 2. The zero-order valence-electron chi connectivity index (χ0n) is 21.1. The minimum absolute atomic E-state index is 0.107. The molecule has 2 aromatic carbocycles. The number of aryl methyl sites for hydroxylation is 1. The van der Waals surface area contributed by atoms with Crippen molar-refractivity contribution >= 4 is 34.4 Å². The third-order valence-electron chi connectivity index (χ3n) is 6.65. The second-order valence-corrected chi connectivity index (χ2v) is 8.70. The number of carbonyl (C=O) groups is 1. The Morgan fingerprint density at radius 2 is 1.94 bits per heavy atom. The number of hydrogen-bond acceptors (Lipinski definition) is 8. The number of carbonyl (C=O) groups excluding carboxylic acids is 1. The smallest absolute Gasteiger partial charge is 0.360 e. The van der Waals surface area contributed by atoms with E-state index in [0.717, 1.165) is 61.6 Å². The number of esters is 1. The second-order valence-electron chi connectivity index (χ2n) is 8.70. The van der Waals surface area contributed by atoms with Crippen molar-refractivity contribution in [1.29, 1.82) is 0 Å². The number of nitrogens with zero attached hydrogens (tertiary/aromatic N) is 3. The molecule has 0 saturated carbocycles. The number of para-hydroxylation sites is 2. The van der Waals surface area contributed by atoms with E-state index in [0.29, 0.717) is 5.70 Å². The highest BCUT2D eigenvalue weighted by Gasteiger charge is 2.29. The zero-order chi connectivity index (χ0) is 24.9. The first-order valence-electron chi connectivity index (χ1n) is 12.2. The van der Waals surface area contributed by atoms with Crippen molar-refractivity contribution in [2.24, 2.45) is 5.10 Å². The van der Waals surface area contributed by atoms with Crippen molar-refractivity contribution in [3.05, 3.63) is 53.7 Å². The van der Waals surface area contributed by atoms with E-state index in [1.807, 2.05) is 43.3 Å². The summed E-state index contributed by atoms with van der Waals surface area (Å²) >= 11 is 0. The fraction of sp³-hybridized carbons (Fsp3) is 0.407. The van der Waals surface area contributed by atoms with Gasteiger partial charge in [-0.3, -0.25) is 5.43 Å². The van der Waals surface area contributed by atoms with Gasteiger partial charge in [-0.2, -0.15) is 5.10 Å². The molecule has 2 heterocycles. The SMILES string of the molecule is C=C(/C(=N/Nc1cc2c3c(c1OC)CCCN3CCC2)C(=O)OCC)N(C)c1ccccc1NC. The van der Waals surface area contributed by atoms with Gasteiger partial charge in [0.1, 0.15) is 5.75 Å². The maximum absolute atomic E-state index is 12.9. The number of rotatable bonds is 9. The van der Waals surface area contributed by atoms with E-state index < -0.39 is 5.97 Å². The van der Waals surface area contributed by atoms with Crippen molar-refractivity contribution in [3.63, 3.8) is 0 Å². The molecule has 35 heavy (non-hydrogen) atoms. The fourth-order valence-electron chi connectivity index (χ4n) is 4.97. The molecule has 2 aliphatic rings. The summed E-state index contributed by atoms with van der Waals surface area (Å²) in [5.41, 5.74) is 9.99. The van der Waals surface area contributed by atoms with Crippen LogP contribution in [0, 0.1) is 0 Å². The summed E-state index contributed by atoms with van der Waals surface area (Å²) in [6.45, 7) is 8.36. The molecule has 186 valence electrons. The molecule has 0 fully saturated rings. The molecule has 8 heteroatoms. The molecule has 8 nitrogen and oxygen atoms in total. The minimum Gasteiger partial charge on any atom is -0.494 e. The van der Waals surface area contributed by atoms with Crippen LogP contribution in [0.5, 0.6) is 5.75 Å². The Hall–Kier alpha value is -3.68. The van der Waals surface area contributed by atoms with E-state index in [2.05, 4.69) is 33.4 Å². The van der Waals surface area contributed by atoms with Gasteiger partial charge in [0.2, 0.25) is 0 Å². The summed E-state index contributed by atoms with van der Waals surface area (Å²) in [6, 6.07) is 9.90. The Balaban J connectivity index is 1.70. The summed E-state index contributed by atoms with van der Waals surface area (Å²) in [7, 11) is 5.39. The molecule has 0 bridgehead atoms. The van der Waals surface area contributed by atoms with Crippen molar-refractivity contribution in [2.45, 2.75) is 32.6 Å². The molecule has 0 amide bonds. The van der Waals surface area contributed by atoms with Crippen molar-refractivity contribution in [3.8, 4) is 5.75 Å². The van der Waals surface area contributed by atoms with Gasteiger partial charge in [0.15, 0.2) is 5.71 Å². The summed E-state index contributed by atoms with van der Waals surface area (Å²) < 4.78 is 11.2. The number of anilines is 4. The molecular formula is C27H35N5O3. The molecular weight excluding hydrogens is 442 g/mol. The third kappa shape index (κ3) is 4.78. The van der Waals surface area contributed by atoms with Crippen molar-refractivity contribution in [1.82, 2.24) is 0 Å². The molecule has 4 rings (SSSR count). The van der Waals surface area contributed by atoms with Crippen LogP contribution in [-0.2, 0) is 22.4 Å². The Kier molecular flexibility index (Phi) is 7.48. The first kappa shape index (κ1) is 24.4. The molecule has 2 N–H and O–H groups in total. The van der Waals surface area contributed by atoms with Crippen LogP contribution < -0.4 is 25.3 Å². The molecule has 0 saturated heterocycles. The van der Waals surface area contributed by atoms with Crippen LogP contribution in [-0.4, -0.2) is 52.6 Å². The molecule has 0 unspecified atom stereocenters. The molecule has 2 aromatic rings. The van der Waals surface area contributed by atoms with Gasteiger partial charge in [-0.1, -0.05) is 18.7 Å². The van der Waals surface area contributed by atoms with Gasteiger partial charge in [-0.25, -0.2) is 4.79 Å². The number of hydrogen-bond donors (Lipinski definition) is 2. The van der Waals surface area contributed by atoms with Crippen LogP contribution >= 0.6 is 0 Å². The van der Waals surface area contributed by atoms with E-state index in [-0.39, 0.29) is 12.3 Å². The van der Waals surface area contributed by atoms with Crippen LogP contribution in [0.3, 0.4) is 0 Å². The highest BCUT2D eigenvalue weighted by molar-refractivity contribution is 6.44. The normalized spacial score (nSPS) is 14.6. The topological polar surface area (TPSA) is 78.4 Å². The van der Waals surface area contributed by atoms with Crippen LogP contribution in [0.4, 0.5) is 22.7 Å². The summed E-state index contributed by atoms with van der Waals surface area (Å²) in [5.74, 6) is 0.241. The fourth-order valence-corrected chi connectivity index (χ4v) is 4.97. The lowest BCUT2D eigenvalue weighted by molar-refractivity contribution is -0.134. The molecule has 0 atom stereocenters. The molecule has 0 radical (unpaired) electrons. The van der Waals surface area contributed by atoms with Crippen LogP contribution in [0.25, 0.3) is 0 Å². The van der Waals surface area contributed by atoms with E-state index in [1.165, 1.54) is 16.8 Å². The van der Waals surface area contributed by atoms with Gasteiger partial charge < -0.3 is 24.6 Å². The van der Waals surface area contributed by atoms with E-state index >= 15 is 0 Å². The van der Waals surface area contributed by atoms with Crippen LogP contribution in [0.15, 0.2) is 47.7 Å². The average molecular weight is 478 g/mol. The summed E-state index contributed by atoms with van der Waals surface area (Å²) in [4.78, 5) is 17.2. The Labute approximate surface area is 207 Å². The summed E-state index contributed by atoms with van der Waals surface area (Å²) in [6.07, 6.45) is 4.20. The molecule has 0 aliphatic carbocycles. The number of hydrazone groups is 1. The van der Waals surface area contributed by atoms with E-state index in [4.69, 9.17) is 9.47 Å². The largest absolute Gasteiger partial charge is 0.494 e. The quantitative estimate of drug-likeness (QED) is 0.315. The highest BCUT2D eigenvalue weighted by atomic mass is 16.5. The average Bonchev–Trinajstić information content (AvgIpc) is 2.88. The molecule has 0 aromatic heterocycles. The number of ether oxygens (including phenoxy) is 2. The second kappa shape index (κ2) is 10.7. The minimum atomic E-state index is -0.539. The van der Waals surface area contributed by atoms with Crippen LogP contribution in [0.2, 0.25) is 0 Å². The van der Waals surface area contributed by atoms with Gasteiger partial charge in [0, 0.05) is 38.4 Å². The predicted molar refractivity (Wildman–Crippen MR) is 143 cm³/mol. The monoisotopic (exact) mass is 477 g/mol. The molecule has 0 spiro atoms. The Morgan fingerprint density at radius 1 is 1.20 bits per heavy atom. The predicted octanol–water partition coefficient (Wildman–Crippen LogP) is 4.42. The third-order valence-corrected chi connectivity index (χ3v) is 6.65. The van der Waals surface area contributed by atoms with E-state index in [9.17, 15) is 4.79 Å². The first-order chi connectivity index (χ1) is 17.0. The Morgan fingerprint density at radius 3 is 2.66 bits per heavy atom. The lowest BCUT2D eigenvalue weighted by Crippen LogP contribution is -2.34. The van der Waals surface area contributed by atoms with Gasteiger partial charge in [0.05, 0.1) is 36.5 Å². The first-order valence-corrected chi connectivity index (χ1v) is 12.2. The van der Waals surface area contributed by atoms with Crippen LogP contribution in [0.1, 0.15) is 30.9 Å². The standard InChI is InChI=1S/C27H35N5O3/c1-6-35-27(33)24(18(2)31(4)23-14-8-7-13-21(23)28-3)30-29-22-17-19-11-9-15-32-16-10-12-20(25(19)32)26(22)34-5/h7-8,13-14,17,28-29H,2,6,9-12,15-16H2,1,3-5H3/b30-24-. The lowest BCUT2D eigenvalue weighted by Gasteiger charge is -2.38. The maximum atomic E-state index is 12.9.